The van der Waals surface area contributed by atoms with Crippen molar-refractivity contribution in [3.63, 3.8) is 0 Å². The van der Waals surface area contributed by atoms with Crippen molar-refractivity contribution in [2.75, 3.05) is 50.3 Å². The Labute approximate surface area is 456 Å². The molecule has 428 valence electrons. The second kappa shape index (κ2) is 27.3. The lowest BCUT2D eigenvalue weighted by molar-refractivity contribution is 0.105. The number of aliphatic hydroxyl groups is 2. The van der Waals surface area contributed by atoms with E-state index in [4.69, 9.17) is 60.5 Å². The Morgan fingerprint density at radius 1 is 0.610 bits per heavy atom. The maximum Gasteiger partial charge on any atom is 0.394 e. The lowest BCUT2D eigenvalue weighted by Crippen LogP contribution is -2.35. The van der Waals surface area contributed by atoms with Crippen molar-refractivity contribution in [1.82, 2.24) is 30.0 Å². The number of nitrogens with one attached hydrogen (secondary N) is 8. The zero-order valence-corrected chi connectivity index (χ0v) is 47.7. The highest BCUT2D eigenvalue weighted by Crippen LogP contribution is 2.34. The minimum Gasteiger partial charge on any atom is -0.490 e. The molecule has 0 radical (unpaired) electrons. The van der Waals surface area contributed by atoms with Gasteiger partial charge in [-0.25, -0.2) is 43.9 Å². The number of anilines is 2. The molecule has 26 nitrogen and oxygen atoms in total. The van der Waals surface area contributed by atoms with Gasteiger partial charge in [0.05, 0.1) is 34.8 Å². The van der Waals surface area contributed by atoms with Crippen LogP contribution < -0.4 is 50.5 Å². The van der Waals surface area contributed by atoms with E-state index in [9.17, 15) is 43.9 Å². The standard InChI is InChI=1S/2C15H22N2O2.2C7H8ClN3O4S2.H2O4S/c2*1-10(2)16-8-12(18)9-19-15-6-4-5-14-13(15)7-11(3)17-14;2*8-4-1-5-7(2-6(4)16(9,12)13)17(14,15)11-3-10-5;1-5(2,3)4/h2*4-7,10,12,16-18H,8-9H2,1-3H3;2*1-2,10-11H,3H2,(H2,9,12,13);(H2,1,2,3,4). The molecule has 2 aromatic heterocycles. The highest BCUT2D eigenvalue weighted by Gasteiger charge is 2.28. The summed E-state index contributed by atoms with van der Waals surface area (Å²) in [6.07, 6.45) is -1.00. The number of sulfonamides is 4. The third-order valence-electron chi connectivity index (χ3n) is 10.2. The Hall–Kier alpha value is -4.91. The van der Waals surface area contributed by atoms with E-state index >= 15 is 0 Å². The van der Waals surface area contributed by atoms with E-state index in [1.54, 1.807) is 0 Å². The summed E-state index contributed by atoms with van der Waals surface area (Å²) in [7, 11) is -20.3. The molecule has 0 fully saturated rings. The van der Waals surface area contributed by atoms with Crippen LogP contribution in [-0.2, 0) is 50.5 Å². The van der Waals surface area contributed by atoms with Crippen molar-refractivity contribution in [3.8, 4) is 11.5 Å². The van der Waals surface area contributed by atoms with Gasteiger partial charge in [-0.3, -0.25) is 9.11 Å². The third-order valence-corrected chi connectivity index (χ3v) is 15.9. The summed E-state index contributed by atoms with van der Waals surface area (Å²) in [5.41, 5.74) is 4.80. The number of nitrogens with two attached hydrogens (primary N) is 2. The maximum atomic E-state index is 11.6. The molecule has 4 heterocycles. The molecule has 2 unspecified atom stereocenters. The molecule has 0 saturated carbocycles. The van der Waals surface area contributed by atoms with Gasteiger partial charge in [-0.1, -0.05) is 63.0 Å². The first-order valence-electron chi connectivity index (χ1n) is 22.7. The fourth-order valence-corrected chi connectivity index (χ4v) is 11.4. The highest BCUT2D eigenvalue weighted by molar-refractivity contribution is 7.91. The molecule has 77 heavy (non-hydrogen) atoms. The topological polar surface area (TPSA) is 426 Å². The molecule has 2 aliphatic heterocycles. The number of primary sulfonamides is 2. The summed E-state index contributed by atoms with van der Waals surface area (Å²) < 4.78 is 139. The van der Waals surface area contributed by atoms with E-state index in [0.29, 0.717) is 38.4 Å². The van der Waals surface area contributed by atoms with E-state index in [0.717, 1.165) is 56.8 Å². The van der Waals surface area contributed by atoms with Crippen LogP contribution in [0.2, 0.25) is 10.0 Å². The first-order chi connectivity index (χ1) is 35.5. The number of H-pyrrole nitrogens is 2. The lowest BCUT2D eigenvalue weighted by Gasteiger charge is -2.20. The molecule has 4 aromatic carbocycles. The van der Waals surface area contributed by atoms with Crippen LogP contribution in [0.4, 0.5) is 11.4 Å². The summed E-state index contributed by atoms with van der Waals surface area (Å²) in [6, 6.07) is 20.9. The van der Waals surface area contributed by atoms with Crippen LogP contribution in [0.5, 0.6) is 11.5 Å². The fourth-order valence-electron chi connectivity index (χ4n) is 6.85. The van der Waals surface area contributed by atoms with Crippen LogP contribution in [0.15, 0.2) is 92.4 Å². The second-order valence-electron chi connectivity index (χ2n) is 17.5. The van der Waals surface area contributed by atoms with Crippen molar-refractivity contribution in [2.45, 2.75) is 85.4 Å². The number of fused-ring (bicyclic) bond motifs is 4. The molecule has 2 aliphatic rings. The quantitative estimate of drug-likeness (QED) is 0.0697. The van der Waals surface area contributed by atoms with E-state index in [1.165, 1.54) is 12.1 Å². The monoisotopic (exact) mass is 1220 g/mol. The molecule has 0 saturated heterocycles. The molecule has 16 N–H and O–H groups in total. The van der Waals surface area contributed by atoms with Crippen LogP contribution in [0.1, 0.15) is 39.1 Å². The summed E-state index contributed by atoms with van der Waals surface area (Å²) in [5.74, 6) is 1.62. The molecule has 8 rings (SSSR count). The normalized spacial score (nSPS) is 15.3. The van der Waals surface area contributed by atoms with Gasteiger partial charge in [-0.15, -0.1) is 0 Å². The van der Waals surface area contributed by atoms with Crippen molar-refractivity contribution in [1.29, 1.82) is 0 Å². The number of aliphatic hydroxyl groups excluding tert-OH is 2. The Morgan fingerprint density at radius 3 is 1.26 bits per heavy atom. The molecule has 2 atom stereocenters. The minimum absolute atomic E-state index is 0.0143. The first kappa shape index (κ1) is 64.6. The number of aromatic amines is 2. The predicted molar refractivity (Wildman–Crippen MR) is 293 cm³/mol. The van der Waals surface area contributed by atoms with Gasteiger partial charge in [0.1, 0.15) is 56.5 Å². The predicted octanol–water partition coefficient (Wildman–Crippen LogP) is 3.07. The van der Waals surface area contributed by atoms with Crippen LogP contribution in [-0.4, -0.2) is 135 Å². The first-order valence-corrected chi connectivity index (χ1v) is 30.9. The molecule has 0 amide bonds. The average Bonchev–Trinajstić information content (AvgIpc) is 3.89. The summed E-state index contributed by atoms with van der Waals surface area (Å²) >= 11 is 11.4. The second-order valence-corrected chi connectivity index (χ2v) is 25.7. The van der Waals surface area contributed by atoms with Crippen LogP contribution in [0.3, 0.4) is 0 Å². The average molecular weight is 1220 g/mol. The molecular weight excluding hydrogens is 1160 g/mol. The fraction of sp³-hybridized carbons (Fsp3) is 0.364. The number of hydrogen-bond acceptors (Lipinski definition) is 18. The number of ether oxygens (including phenoxy) is 2. The van der Waals surface area contributed by atoms with Gasteiger partial charge in [-0.2, -0.15) is 17.9 Å². The Balaban J connectivity index is 0.000000215. The van der Waals surface area contributed by atoms with Crippen LogP contribution in [0.25, 0.3) is 21.8 Å². The summed E-state index contributed by atoms with van der Waals surface area (Å²) in [6.45, 7) is 13.9. The van der Waals surface area contributed by atoms with Gasteiger partial charge >= 0.3 is 10.4 Å². The molecule has 0 aliphatic carbocycles. The number of halogens is 2. The van der Waals surface area contributed by atoms with Crippen molar-refractivity contribution >= 4 is 107 Å². The van der Waals surface area contributed by atoms with E-state index in [1.807, 2.05) is 50.2 Å². The molecular formula is C44H62Cl2N10O16S5. The van der Waals surface area contributed by atoms with Crippen LogP contribution >= 0.6 is 23.2 Å². The molecule has 6 aromatic rings. The highest BCUT2D eigenvalue weighted by atomic mass is 35.5. The van der Waals surface area contributed by atoms with Gasteiger partial charge in [0, 0.05) is 58.4 Å². The Kier molecular flexibility index (Phi) is 22.9. The molecule has 0 bridgehead atoms. The van der Waals surface area contributed by atoms with E-state index in [-0.39, 0.29) is 44.5 Å². The largest absolute Gasteiger partial charge is 0.490 e. The van der Waals surface area contributed by atoms with Gasteiger partial charge in [0.25, 0.3) is 0 Å². The van der Waals surface area contributed by atoms with Gasteiger partial charge < -0.3 is 50.9 Å². The molecule has 0 spiro atoms. The maximum absolute atomic E-state index is 11.6. The number of aromatic nitrogens is 2. The van der Waals surface area contributed by atoms with Crippen molar-refractivity contribution in [3.05, 3.63) is 94.2 Å². The number of aryl methyl sites for hydroxylation is 2. The van der Waals surface area contributed by atoms with Crippen molar-refractivity contribution < 1.29 is 70.9 Å². The summed E-state index contributed by atoms with van der Waals surface area (Å²) in [4.78, 5) is 5.30. The smallest absolute Gasteiger partial charge is 0.394 e. The van der Waals surface area contributed by atoms with Crippen LogP contribution in [0, 0.1) is 13.8 Å². The summed E-state index contributed by atoms with van der Waals surface area (Å²) in [5, 5.41) is 43.2. The van der Waals surface area contributed by atoms with E-state index in [2.05, 4.69) is 80.5 Å². The Bertz CT molecular complexity index is 3360. The van der Waals surface area contributed by atoms with E-state index < -0.39 is 72.5 Å². The SMILES string of the molecule is Cc1cc2c(OCC(O)CNC(C)C)cccc2[nH]1.Cc1cc2c(OCC(O)CNC(C)C)cccc2[nH]1.NS(=O)(=O)c1cc2c(cc1Cl)NCNS2(=O)=O.NS(=O)(=O)c1cc2c(cc1Cl)NCNS2(=O)=O.O=S(=O)(O)O. The minimum atomic E-state index is -4.67. The zero-order valence-electron chi connectivity index (χ0n) is 42.1. The zero-order chi connectivity index (χ0) is 57.8. The lowest BCUT2D eigenvalue weighted by atomic mass is 10.2. The Morgan fingerprint density at radius 2 is 0.948 bits per heavy atom. The van der Waals surface area contributed by atoms with Crippen molar-refractivity contribution in [2.24, 2.45) is 10.3 Å². The number of hydrogen-bond donors (Lipinski definition) is 14. The van der Waals surface area contributed by atoms with Gasteiger partial charge in [0.15, 0.2) is 0 Å². The van der Waals surface area contributed by atoms with Gasteiger partial charge in [-0.05, 0) is 74.5 Å². The number of rotatable bonds is 14. The van der Waals surface area contributed by atoms with Gasteiger partial charge in [0.2, 0.25) is 40.1 Å². The number of benzene rings is 4. The third kappa shape index (κ3) is 20.4. The molecule has 33 heteroatoms.